The molecule has 0 saturated heterocycles. The van der Waals surface area contributed by atoms with Crippen LogP contribution in [0.1, 0.15) is 18.1 Å². The molecule has 0 aliphatic carbocycles. The largest absolute Gasteiger partial charge is 0.467 e. The second-order valence-corrected chi connectivity index (χ2v) is 5.54. The highest BCUT2D eigenvalue weighted by Crippen LogP contribution is 2.45. The van der Waals surface area contributed by atoms with E-state index in [0.717, 1.165) is 7.11 Å². The summed E-state index contributed by atoms with van der Waals surface area (Å²) in [5, 5.41) is 11.6. The number of ether oxygens (including phenoxy) is 3. The molecule has 0 fully saturated rings. The van der Waals surface area contributed by atoms with Gasteiger partial charge in [0.05, 0.1) is 14.2 Å². The zero-order chi connectivity index (χ0) is 19.2. The predicted octanol–water partition coefficient (Wildman–Crippen LogP) is 2.15. The second kappa shape index (κ2) is 8.12. The van der Waals surface area contributed by atoms with Crippen LogP contribution in [0.2, 0.25) is 0 Å². The second-order valence-electron chi connectivity index (χ2n) is 5.54. The van der Waals surface area contributed by atoms with E-state index in [0.29, 0.717) is 0 Å². The maximum absolute atomic E-state index is 12.9. The maximum Gasteiger partial charge on any atom is 0.347 e. The highest BCUT2D eigenvalue weighted by molar-refractivity contribution is 5.94. The van der Waals surface area contributed by atoms with Gasteiger partial charge in [0.25, 0.3) is 0 Å². The Labute approximate surface area is 152 Å². The molecule has 2 atom stereocenters. The Morgan fingerprint density at radius 3 is 1.73 bits per heavy atom. The van der Waals surface area contributed by atoms with Gasteiger partial charge >= 0.3 is 11.9 Å². The molecule has 6 heteroatoms. The summed E-state index contributed by atoms with van der Waals surface area (Å²) in [6.45, 7) is 1.69. The Hall–Kier alpha value is -2.70. The Balaban J connectivity index is 2.91. The summed E-state index contributed by atoms with van der Waals surface area (Å²) in [6, 6.07) is 16.3. The van der Waals surface area contributed by atoms with Crippen LogP contribution in [-0.4, -0.2) is 37.9 Å². The number of carbonyl (C=O) groups excluding carboxylic acids is 2. The molecule has 0 bridgehead atoms. The number of benzene rings is 2. The lowest BCUT2D eigenvalue weighted by molar-refractivity contribution is -0.229. The molecule has 0 saturated carbocycles. The van der Waals surface area contributed by atoms with Gasteiger partial charge < -0.3 is 19.3 Å². The normalized spacial score (nSPS) is 15.4. The summed E-state index contributed by atoms with van der Waals surface area (Å²) in [6.07, 6.45) is 0. The number of hydrogen-bond acceptors (Lipinski definition) is 6. The van der Waals surface area contributed by atoms with Crippen molar-refractivity contribution in [1.29, 1.82) is 0 Å². The van der Waals surface area contributed by atoms with E-state index in [1.165, 1.54) is 19.2 Å². The Bertz CT molecular complexity index is 745. The molecule has 2 unspecified atom stereocenters. The van der Waals surface area contributed by atoms with Gasteiger partial charge in [-0.05, 0) is 18.1 Å². The summed E-state index contributed by atoms with van der Waals surface area (Å²) in [5.41, 5.74) is -4.19. The lowest BCUT2D eigenvalue weighted by atomic mass is 9.72. The molecule has 0 heterocycles. The first-order valence-corrected chi connectivity index (χ1v) is 8.13. The van der Waals surface area contributed by atoms with E-state index in [4.69, 9.17) is 14.2 Å². The molecule has 6 nitrogen and oxygen atoms in total. The average molecular weight is 358 g/mol. The van der Waals surface area contributed by atoms with Crippen LogP contribution < -0.4 is 0 Å². The number of rotatable bonds is 7. The van der Waals surface area contributed by atoms with Crippen LogP contribution in [-0.2, 0) is 35.0 Å². The SMILES string of the molecule is CCOC(C(=O)OC)(c1ccccc1)C(O)(C(=O)OC)c1ccccc1. The first-order valence-electron chi connectivity index (χ1n) is 8.13. The molecule has 0 amide bonds. The molecule has 0 radical (unpaired) electrons. The molecule has 0 spiro atoms. The van der Waals surface area contributed by atoms with Gasteiger partial charge in [0, 0.05) is 6.61 Å². The molecule has 0 aliphatic rings. The molecule has 138 valence electrons. The zero-order valence-electron chi connectivity index (χ0n) is 15.0. The first-order chi connectivity index (χ1) is 12.5. The van der Waals surface area contributed by atoms with Crippen molar-refractivity contribution >= 4 is 11.9 Å². The van der Waals surface area contributed by atoms with Crippen molar-refractivity contribution in [3.8, 4) is 0 Å². The predicted molar refractivity (Wildman–Crippen MR) is 94.1 cm³/mol. The van der Waals surface area contributed by atoms with Crippen LogP contribution in [0.4, 0.5) is 0 Å². The lowest BCUT2D eigenvalue weighted by Gasteiger charge is -2.42. The molecule has 1 N–H and O–H groups in total. The minimum atomic E-state index is -2.46. The minimum absolute atomic E-state index is 0.0378. The molecular weight excluding hydrogens is 336 g/mol. The van der Waals surface area contributed by atoms with Crippen molar-refractivity contribution in [3.63, 3.8) is 0 Å². The van der Waals surface area contributed by atoms with Gasteiger partial charge in [0.2, 0.25) is 11.2 Å². The highest BCUT2D eigenvalue weighted by atomic mass is 16.6. The standard InChI is InChI=1S/C20H22O6/c1-4-26-20(18(22)25-3,16-13-9-6-10-14-16)19(23,17(21)24-2)15-11-7-5-8-12-15/h5-14,23H,4H2,1-3H3. The van der Waals surface area contributed by atoms with Crippen LogP contribution in [0.25, 0.3) is 0 Å². The van der Waals surface area contributed by atoms with Crippen molar-refractivity contribution in [3.05, 3.63) is 71.8 Å². The van der Waals surface area contributed by atoms with Crippen LogP contribution in [0.3, 0.4) is 0 Å². The van der Waals surface area contributed by atoms with Crippen molar-refractivity contribution in [2.75, 3.05) is 20.8 Å². The fourth-order valence-electron chi connectivity index (χ4n) is 3.05. The average Bonchev–Trinajstić information content (AvgIpc) is 2.71. The Morgan fingerprint density at radius 1 is 0.846 bits per heavy atom. The smallest absolute Gasteiger partial charge is 0.347 e. The monoisotopic (exact) mass is 358 g/mol. The van der Waals surface area contributed by atoms with Gasteiger partial charge in [-0.3, -0.25) is 0 Å². The molecule has 0 aliphatic heterocycles. The van der Waals surface area contributed by atoms with Crippen LogP contribution >= 0.6 is 0 Å². The number of aliphatic hydroxyl groups is 1. The molecular formula is C20H22O6. The topological polar surface area (TPSA) is 82.1 Å². The van der Waals surface area contributed by atoms with Crippen molar-refractivity contribution < 1.29 is 28.9 Å². The van der Waals surface area contributed by atoms with Gasteiger partial charge in [-0.15, -0.1) is 0 Å². The Kier molecular flexibility index (Phi) is 6.13. The first kappa shape index (κ1) is 19.6. The summed E-state index contributed by atoms with van der Waals surface area (Å²) in [5.74, 6) is -1.95. The number of methoxy groups -OCH3 is 2. The van der Waals surface area contributed by atoms with Crippen molar-refractivity contribution in [1.82, 2.24) is 0 Å². The molecule has 2 aromatic rings. The van der Waals surface area contributed by atoms with E-state index in [1.54, 1.807) is 55.5 Å². The van der Waals surface area contributed by atoms with Gasteiger partial charge in [-0.2, -0.15) is 0 Å². The maximum atomic E-state index is 12.9. The van der Waals surface area contributed by atoms with Crippen molar-refractivity contribution in [2.45, 2.75) is 18.1 Å². The third kappa shape index (κ3) is 2.98. The minimum Gasteiger partial charge on any atom is -0.467 e. The summed E-state index contributed by atoms with van der Waals surface area (Å²) in [4.78, 5) is 25.7. The molecule has 2 aromatic carbocycles. The molecule has 26 heavy (non-hydrogen) atoms. The Morgan fingerprint density at radius 2 is 1.31 bits per heavy atom. The summed E-state index contributed by atoms with van der Waals surface area (Å²) < 4.78 is 15.6. The third-order valence-electron chi connectivity index (χ3n) is 4.20. The summed E-state index contributed by atoms with van der Waals surface area (Å²) >= 11 is 0. The van der Waals surface area contributed by atoms with E-state index in [1.807, 2.05) is 0 Å². The van der Waals surface area contributed by atoms with E-state index in [9.17, 15) is 14.7 Å². The highest BCUT2D eigenvalue weighted by Gasteiger charge is 2.65. The molecule has 0 aromatic heterocycles. The zero-order valence-corrected chi connectivity index (χ0v) is 15.0. The fraction of sp³-hybridized carbons (Fsp3) is 0.300. The molecule has 2 rings (SSSR count). The quantitative estimate of drug-likeness (QED) is 0.764. The van der Waals surface area contributed by atoms with Crippen LogP contribution in [0.15, 0.2) is 60.7 Å². The van der Waals surface area contributed by atoms with E-state index in [2.05, 4.69) is 0 Å². The van der Waals surface area contributed by atoms with Gasteiger partial charge in [0.15, 0.2) is 0 Å². The summed E-state index contributed by atoms with van der Waals surface area (Å²) in [7, 11) is 2.30. The number of esters is 2. The lowest BCUT2D eigenvalue weighted by Crippen LogP contribution is -2.61. The number of carbonyl (C=O) groups is 2. The van der Waals surface area contributed by atoms with Gasteiger partial charge in [-0.1, -0.05) is 60.7 Å². The fourth-order valence-corrected chi connectivity index (χ4v) is 3.05. The van der Waals surface area contributed by atoms with Gasteiger partial charge in [-0.25, -0.2) is 9.59 Å². The van der Waals surface area contributed by atoms with Crippen LogP contribution in [0, 0.1) is 0 Å². The third-order valence-corrected chi connectivity index (χ3v) is 4.20. The van der Waals surface area contributed by atoms with E-state index in [-0.39, 0.29) is 17.7 Å². The van der Waals surface area contributed by atoms with E-state index >= 15 is 0 Å². The van der Waals surface area contributed by atoms with Crippen molar-refractivity contribution in [2.24, 2.45) is 0 Å². The number of hydrogen-bond donors (Lipinski definition) is 1. The van der Waals surface area contributed by atoms with Crippen LogP contribution in [0.5, 0.6) is 0 Å². The van der Waals surface area contributed by atoms with E-state index < -0.39 is 23.1 Å². The van der Waals surface area contributed by atoms with Gasteiger partial charge in [0.1, 0.15) is 0 Å².